The van der Waals surface area contributed by atoms with Gasteiger partial charge in [0.2, 0.25) is 10.0 Å². The third kappa shape index (κ3) is 4.09. The zero-order valence-corrected chi connectivity index (χ0v) is 18.3. The molecule has 0 bridgehead atoms. The first-order valence-corrected chi connectivity index (χ1v) is 10.7. The van der Waals surface area contributed by atoms with Crippen LogP contribution in [0, 0.1) is 6.92 Å². The fourth-order valence-electron chi connectivity index (χ4n) is 3.73. The summed E-state index contributed by atoms with van der Waals surface area (Å²) in [5.41, 5.74) is 1.15. The van der Waals surface area contributed by atoms with Gasteiger partial charge < -0.3 is 14.2 Å². The monoisotopic (exact) mass is 459 g/mol. The third-order valence-corrected chi connectivity index (χ3v) is 7.32. The van der Waals surface area contributed by atoms with Gasteiger partial charge in [0, 0.05) is 6.54 Å². The number of methoxy groups -OCH3 is 3. The second-order valence-corrected chi connectivity index (χ2v) is 8.74. The van der Waals surface area contributed by atoms with E-state index in [-0.39, 0.29) is 23.6 Å². The van der Waals surface area contributed by atoms with Crippen molar-refractivity contribution in [3.05, 3.63) is 35.2 Å². The number of hydrogen-bond donors (Lipinski definition) is 0. The predicted molar refractivity (Wildman–Crippen MR) is 105 cm³/mol. The average molecular weight is 459 g/mol. The Kier molecular flexibility index (Phi) is 6.51. The van der Waals surface area contributed by atoms with E-state index in [4.69, 9.17) is 14.2 Å². The number of esters is 1. The molecule has 2 heterocycles. The number of hydrogen-bond acceptors (Lipinski definition) is 7. The maximum atomic E-state index is 13.4. The summed E-state index contributed by atoms with van der Waals surface area (Å²) >= 11 is 0. The number of halogens is 2. The lowest BCUT2D eigenvalue weighted by molar-refractivity contribution is -0.141. The molecule has 0 aliphatic carbocycles. The first-order chi connectivity index (χ1) is 14.6. The van der Waals surface area contributed by atoms with Crippen LogP contribution in [0.2, 0.25) is 0 Å². The lowest BCUT2D eigenvalue weighted by Crippen LogP contribution is -2.41. The summed E-state index contributed by atoms with van der Waals surface area (Å²) in [6.07, 6.45) is 0.963. The van der Waals surface area contributed by atoms with Crippen LogP contribution in [0.1, 0.15) is 35.8 Å². The minimum Gasteiger partial charge on any atom is -0.493 e. The molecule has 3 rings (SSSR count). The zero-order valence-electron chi connectivity index (χ0n) is 17.5. The van der Waals surface area contributed by atoms with Crippen molar-refractivity contribution < 1.29 is 36.2 Å². The van der Waals surface area contributed by atoms with E-state index in [1.165, 1.54) is 28.3 Å². The van der Waals surface area contributed by atoms with Gasteiger partial charge in [0.1, 0.15) is 4.90 Å². The first-order valence-electron chi connectivity index (χ1n) is 9.31. The van der Waals surface area contributed by atoms with Crippen LogP contribution < -0.4 is 9.47 Å². The number of sulfonamides is 1. The molecule has 1 atom stereocenters. The molecule has 170 valence electrons. The van der Waals surface area contributed by atoms with Gasteiger partial charge in [-0.3, -0.25) is 4.79 Å². The molecule has 2 aromatic rings. The lowest BCUT2D eigenvalue weighted by Gasteiger charge is -2.36. The van der Waals surface area contributed by atoms with Gasteiger partial charge in [0.15, 0.2) is 11.5 Å². The van der Waals surface area contributed by atoms with Gasteiger partial charge >= 0.3 is 12.5 Å². The van der Waals surface area contributed by atoms with Crippen LogP contribution in [0.25, 0.3) is 0 Å². The smallest absolute Gasteiger partial charge is 0.333 e. The van der Waals surface area contributed by atoms with Gasteiger partial charge in [0.05, 0.1) is 45.7 Å². The number of benzene rings is 1. The first kappa shape index (κ1) is 22.9. The number of rotatable bonds is 7. The number of fused-ring (bicyclic) bond motifs is 1. The van der Waals surface area contributed by atoms with Gasteiger partial charge in [-0.15, -0.1) is 0 Å². The number of aromatic nitrogens is 2. The normalized spacial score (nSPS) is 16.8. The Morgan fingerprint density at radius 2 is 1.87 bits per heavy atom. The molecule has 0 N–H and O–H groups in total. The Labute approximate surface area is 178 Å². The van der Waals surface area contributed by atoms with Gasteiger partial charge in [0.25, 0.3) is 0 Å². The minimum absolute atomic E-state index is 0.0335. The molecule has 1 aromatic carbocycles. The summed E-state index contributed by atoms with van der Waals surface area (Å²) in [7, 11) is -0.116. The third-order valence-electron chi connectivity index (χ3n) is 5.31. The van der Waals surface area contributed by atoms with E-state index in [0.717, 1.165) is 16.1 Å². The summed E-state index contributed by atoms with van der Waals surface area (Å²) in [6.45, 7) is -1.69. The highest BCUT2D eigenvalue weighted by atomic mass is 32.2. The summed E-state index contributed by atoms with van der Waals surface area (Å²) in [5.74, 6) is 0.230. The molecule has 1 aromatic heterocycles. The standard InChI is InChI=1S/C19H23F2N3O6S/c1-11-17(10-22-24(11)19(20)21)31(26,27)23-6-5-12-7-15(28-2)16(29-3)8-13(12)14(23)9-18(25)30-4/h7-8,10,14,19H,5-6,9H2,1-4H3. The number of carbonyl (C=O) groups is 1. The number of ether oxygens (including phenoxy) is 3. The highest BCUT2D eigenvalue weighted by molar-refractivity contribution is 7.89. The van der Waals surface area contributed by atoms with Crippen LogP contribution in [0.3, 0.4) is 0 Å². The molecule has 0 fully saturated rings. The molecule has 1 aliphatic heterocycles. The summed E-state index contributed by atoms with van der Waals surface area (Å²) in [4.78, 5) is 11.8. The van der Waals surface area contributed by atoms with Crippen molar-refractivity contribution in [1.29, 1.82) is 0 Å². The fraction of sp³-hybridized carbons (Fsp3) is 0.474. The van der Waals surface area contributed by atoms with Crippen molar-refractivity contribution in [2.45, 2.75) is 37.3 Å². The lowest BCUT2D eigenvalue weighted by atomic mass is 9.91. The van der Waals surface area contributed by atoms with Crippen molar-refractivity contribution in [3.8, 4) is 11.5 Å². The van der Waals surface area contributed by atoms with Crippen molar-refractivity contribution in [2.75, 3.05) is 27.9 Å². The molecule has 0 amide bonds. The van der Waals surface area contributed by atoms with E-state index in [1.807, 2.05) is 0 Å². The van der Waals surface area contributed by atoms with Crippen LogP contribution in [-0.4, -0.2) is 56.3 Å². The molecule has 0 saturated heterocycles. The highest BCUT2D eigenvalue weighted by Crippen LogP contribution is 2.42. The fourth-order valence-corrected chi connectivity index (χ4v) is 5.48. The van der Waals surface area contributed by atoms with Crippen molar-refractivity contribution in [3.63, 3.8) is 0 Å². The second kappa shape index (κ2) is 8.79. The summed E-state index contributed by atoms with van der Waals surface area (Å²) in [6, 6.07) is 2.44. The summed E-state index contributed by atoms with van der Waals surface area (Å²) < 4.78 is 70.0. The maximum Gasteiger partial charge on any atom is 0.333 e. The van der Waals surface area contributed by atoms with Gasteiger partial charge in [-0.05, 0) is 36.6 Å². The average Bonchev–Trinajstić information content (AvgIpc) is 3.14. The predicted octanol–water partition coefficient (Wildman–Crippen LogP) is 2.46. The van der Waals surface area contributed by atoms with Crippen LogP contribution in [0.4, 0.5) is 8.78 Å². The minimum atomic E-state index is -4.25. The number of nitrogens with zero attached hydrogens (tertiary/aromatic N) is 3. The van der Waals surface area contributed by atoms with E-state index in [2.05, 4.69) is 5.10 Å². The van der Waals surface area contributed by atoms with Crippen molar-refractivity contribution >= 4 is 16.0 Å². The maximum absolute atomic E-state index is 13.4. The van der Waals surface area contributed by atoms with Crippen LogP contribution in [-0.2, 0) is 26.0 Å². The number of carbonyl (C=O) groups excluding carboxylic acids is 1. The Bertz CT molecular complexity index is 1090. The van der Waals surface area contributed by atoms with Crippen molar-refractivity contribution in [1.82, 2.24) is 14.1 Å². The van der Waals surface area contributed by atoms with E-state index in [1.54, 1.807) is 12.1 Å². The number of alkyl halides is 2. The topological polar surface area (TPSA) is 100.0 Å². The molecule has 1 unspecified atom stereocenters. The quantitative estimate of drug-likeness (QED) is 0.587. The zero-order chi connectivity index (χ0) is 22.9. The largest absolute Gasteiger partial charge is 0.493 e. The van der Waals surface area contributed by atoms with E-state index < -0.39 is 28.6 Å². The van der Waals surface area contributed by atoms with Gasteiger partial charge in [-0.2, -0.15) is 18.2 Å². The van der Waals surface area contributed by atoms with Crippen LogP contribution >= 0.6 is 0 Å². The van der Waals surface area contributed by atoms with Crippen LogP contribution in [0.5, 0.6) is 11.5 Å². The molecule has 31 heavy (non-hydrogen) atoms. The Balaban J connectivity index is 2.13. The van der Waals surface area contributed by atoms with E-state index in [0.29, 0.717) is 28.2 Å². The van der Waals surface area contributed by atoms with E-state index in [9.17, 15) is 22.0 Å². The van der Waals surface area contributed by atoms with E-state index >= 15 is 0 Å². The summed E-state index contributed by atoms with van der Waals surface area (Å²) in [5, 5.41) is 3.51. The Hall–Kier alpha value is -2.73. The van der Waals surface area contributed by atoms with Gasteiger partial charge in [-0.25, -0.2) is 13.1 Å². The van der Waals surface area contributed by atoms with Crippen LogP contribution in [0.15, 0.2) is 23.2 Å². The Morgan fingerprint density at radius 3 is 2.42 bits per heavy atom. The molecule has 0 saturated carbocycles. The molecule has 0 radical (unpaired) electrons. The van der Waals surface area contributed by atoms with Gasteiger partial charge in [-0.1, -0.05) is 0 Å². The Morgan fingerprint density at radius 1 is 1.23 bits per heavy atom. The SMILES string of the molecule is COC(=O)CC1c2cc(OC)c(OC)cc2CCN1S(=O)(=O)c1cnn(C(F)F)c1C. The molecule has 0 spiro atoms. The molecule has 9 nitrogen and oxygen atoms in total. The second-order valence-electron chi connectivity index (χ2n) is 6.88. The molecular weight excluding hydrogens is 436 g/mol. The van der Waals surface area contributed by atoms with Crippen molar-refractivity contribution in [2.24, 2.45) is 0 Å². The molecule has 12 heteroatoms. The molecular formula is C19H23F2N3O6S. The molecule has 1 aliphatic rings. The highest BCUT2D eigenvalue weighted by Gasteiger charge is 2.40.